The fourth-order valence-corrected chi connectivity index (χ4v) is 5.40. The number of carbonyl (C=O) groups is 1. The van der Waals surface area contributed by atoms with E-state index in [-0.39, 0.29) is 15.7 Å². The Morgan fingerprint density at radius 1 is 1.13 bits per heavy atom. The molecule has 0 radical (unpaired) electrons. The van der Waals surface area contributed by atoms with Crippen molar-refractivity contribution in [3.63, 3.8) is 0 Å². The number of methoxy groups -OCH3 is 1. The normalized spacial score (nSPS) is 23.1. The topological polar surface area (TPSA) is 93.1 Å². The Hall–Kier alpha value is -2.58. The van der Waals surface area contributed by atoms with E-state index in [0.29, 0.717) is 36.4 Å². The van der Waals surface area contributed by atoms with E-state index in [1.165, 1.54) is 31.4 Å². The van der Waals surface area contributed by atoms with Crippen molar-refractivity contribution in [2.45, 2.75) is 54.2 Å². The van der Waals surface area contributed by atoms with Gasteiger partial charge in [0.25, 0.3) is 0 Å². The van der Waals surface area contributed by atoms with Crippen molar-refractivity contribution in [1.82, 2.24) is 4.90 Å². The SMILES string of the molecule is COc1ccc(S(=O)(=O)c2ccc3c(c2)[C@@H](N2CCCC2=O)[C@H](O)C(C)(C)O3)cc1. The van der Waals surface area contributed by atoms with Crippen molar-refractivity contribution in [2.24, 2.45) is 0 Å². The van der Waals surface area contributed by atoms with Gasteiger partial charge in [-0.25, -0.2) is 8.42 Å². The third-order valence-corrected chi connectivity index (χ3v) is 7.58. The van der Waals surface area contributed by atoms with Gasteiger partial charge in [0.05, 0.1) is 22.9 Å². The smallest absolute Gasteiger partial charge is 0.223 e. The zero-order chi connectivity index (χ0) is 21.7. The van der Waals surface area contributed by atoms with Gasteiger partial charge in [-0.3, -0.25) is 4.79 Å². The Balaban J connectivity index is 1.81. The van der Waals surface area contributed by atoms with Gasteiger partial charge in [-0.05, 0) is 62.7 Å². The van der Waals surface area contributed by atoms with Gasteiger partial charge in [0.1, 0.15) is 23.2 Å². The summed E-state index contributed by atoms with van der Waals surface area (Å²) in [7, 11) is -2.29. The van der Waals surface area contributed by atoms with Crippen LogP contribution in [-0.2, 0) is 14.6 Å². The van der Waals surface area contributed by atoms with Crippen LogP contribution >= 0.6 is 0 Å². The molecule has 0 aromatic heterocycles. The largest absolute Gasteiger partial charge is 0.497 e. The number of aliphatic hydroxyl groups excluding tert-OH is 1. The highest BCUT2D eigenvalue weighted by molar-refractivity contribution is 7.91. The number of rotatable bonds is 4. The van der Waals surface area contributed by atoms with Gasteiger partial charge in [-0.15, -0.1) is 0 Å². The highest BCUT2D eigenvalue weighted by Gasteiger charge is 2.47. The molecule has 0 saturated carbocycles. The van der Waals surface area contributed by atoms with Crippen LogP contribution in [0.3, 0.4) is 0 Å². The molecule has 7 nitrogen and oxygen atoms in total. The molecule has 8 heteroatoms. The van der Waals surface area contributed by atoms with Crippen LogP contribution < -0.4 is 9.47 Å². The first-order valence-corrected chi connectivity index (χ1v) is 11.3. The average molecular weight is 432 g/mol. The third kappa shape index (κ3) is 3.33. The number of ether oxygens (including phenoxy) is 2. The number of benzene rings is 2. The summed E-state index contributed by atoms with van der Waals surface area (Å²) in [4.78, 5) is 14.3. The Bertz CT molecular complexity index is 1080. The number of aliphatic hydroxyl groups is 1. The molecule has 2 aliphatic rings. The zero-order valence-electron chi connectivity index (χ0n) is 17.2. The number of fused-ring (bicyclic) bond motifs is 1. The summed E-state index contributed by atoms with van der Waals surface area (Å²) in [5, 5.41) is 11.0. The van der Waals surface area contributed by atoms with Gasteiger partial charge in [-0.2, -0.15) is 0 Å². The minimum absolute atomic E-state index is 0.0499. The summed E-state index contributed by atoms with van der Waals surface area (Å²) < 4.78 is 37.5. The lowest BCUT2D eigenvalue weighted by Gasteiger charge is -2.45. The highest BCUT2D eigenvalue weighted by Crippen LogP contribution is 2.45. The van der Waals surface area contributed by atoms with E-state index >= 15 is 0 Å². The van der Waals surface area contributed by atoms with Crippen molar-refractivity contribution in [1.29, 1.82) is 0 Å². The molecular formula is C22H25NO6S. The molecule has 2 atom stereocenters. The quantitative estimate of drug-likeness (QED) is 0.800. The summed E-state index contributed by atoms with van der Waals surface area (Å²) >= 11 is 0. The summed E-state index contributed by atoms with van der Waals surface area (Å²) in [6.07, 6.45) is 0.137. The fourth-order valence-electron chi connectivity index (χ4n) is 4.10. The standard InChI is InChI=1S/C22H25NO6S/c1-22(2)21(25)20(23-12-4-5-19(23)24)17-13-16(10-11-18(17)29-22)30(26,27)15-8-6-14(28-3)7-9-15/h6-11,13,20-21,25H,4-5,12H2,1-3H3/t20-,21+/m1/s1. The van der Waals surface area contributed by atoms with Crippen molar-refractivity contribution < 1.29 is 27.8 Å². The molecule has 1 fully saturated rings. The molecule has 30 heavy (non-hydrogen) atoms. The Morgan fingerprint density at radius 3 is 2.40 bits per heavy atom. The van der Waals surface area contributed by atoms with E-state index in [1.54, 1.807) is 36.9 Å². The van der Waals surface area contributed by atoms with Crippen LogP contribution in [0.2, 0.25) is 0 Å². The van der Waals surface area contributed by atoms with E-state index in [1.807, 2.05) is 0 Å². The van der Waals surface area contributed by atoms with Gasteiger partial charge in [0, 0.05) is 18.5 Å². The second-order valence-corrected chi connectivity index (χ2v) is 10.1. The average Bonchev–Trinajstić information content (AvgIpc) is 3.14. The van der Waals surface area contributed by atoms with Crippen LogP contribution in [-0.4, -0.2) is 49.7 Å². The van der Waals surface area contributed by atoms with Crippen LogP contribution in [0.4, 0.5) is 0 Å². The van der Waals surface area contributed by atoms with Crippen LogP contribution in [0.15, 0.2) is 52.3 Å². The van der Waals surface area contributed by atoms with Crippen LogP contribution in [0.5, 0.6) is 11.5 Å². The molecule has 2 aromatic rings. The fraction of sp³-hybridized carbons (Fsp3) is 0.409. The molecule has 1 N–H and O–H groups in total. The molecule has 0 bridgehead atoms. The van der Waals surface area contributed by atoms with E-state index in [4.69, 9.17) is 9.47 Å². The summed E-state index contributed by atoms with van der Waals surface area (Å²) in [6, 6.07) is 10.1. The number of likely N-dealkylation sites (tertiary alicyclic amines) is 1. The molecule has 0 spiro atoms. The summed E-state index contributed by atoms with van der Waals surface area (Å²) in [5.41, 5.74) is -0.414. The maximum atomic E-state index is 13.2. The van der Waals surface area contributed by atoms with E-state index in [0.717, 1.165) is 0 Å². The number of nitrogens with zero attached hydrogens (tertiary/aromatic N) is 1. The third-order valence-electron chi connectivity index (χ3n) is 5.81. The number of sulfone groups is 1. The predicted molar refractivity (Wildman–Crippen MR) is 109 cm³/mol. The minimum atomic E-state index is -3.80. The second-order valence-electron chi connectivity index (χ2n) is 8.16. The van der Waals surface area contributed by atoms with Crippen LogP contribution in [0, 0.1) is 0 Å². The van der Waals surface area contributed by atoms with Crippen molar-refractivity contribution >= 4 is 15.7 Å². The monoisotopic (exact) mass is 431 g/mol. The molecule has 0 aliphatic carbocycles. The highest BCUT2D eigenvalue weighted by atomic mass is 32.2. The van der Waals surface area contributed by atoms with E-state index in [9.17, 15) is 18.3 Å². The predicted octanol–water partition coefficient (Wildman–Crippen LogP) is 2.72. The number of amides is 1. The second kappa shape index (κ2) is 7.28. The molecular weight excluding hydrogens is 406 g/mol. The summed E-state index contributed by atoms with van der Waals surface area (Å²) in [6.45, 7) is 4.04. The summed E-state index contributed by atoms with van der Waals surface area (Å²) in [5.74, 6) is 0.987. The van der Waals surface area contributed by atoms with Gasteiger partial charge in [0.2, 0.25) is 15.7 Å². The van der Waals surface area contributed by atoms with Crippen molar-refractivity contribution in [3.05, 3.63) is 48.0 Å². The van der Waals surface area contributed by atoms with Crippen molar-refractivity contribution in [3.8, 4) is 11.5 Å². The van der Waals surface area contributed by atoms with Gasteiger partial charge < -0.3 is 19.5 Å². The maximum absolute atomic E-state index is 13.2. The molecule has 2 heterocycles. The lowest BCUT2D eigenvalue weighted by atomic mass is 9.85. The minimum Gasteiger partial charge on any atom is -0.497 e. The maximum Gasteiger partial charge on any atom is 0.223 e. The van der Waals surface area contributed by atoms with Gasteiger partial charge in [-0.1, -0.05) is 0 Å². The first kappa shape index (κ1) is 20.7. The number of hydrogen-bond donors (Lipinski definition) is 1. The molecule has 2 aliphatic heterocycles. The van der Waals surface area contributed by atoms with Gasteiger partial charge >= 0.3 is 0 Å². The first-order valence-electron chi connectivity index (χ1n) is 9.85. The first-order chi connectivity index (χ1) is 14.1. The van der Waals surface area contributed by atoms with Crippen LogP contribution in [0.25, 0.3) is 0 Å². The lowest BCUT2D eigenvalue weighted by Crippen LogP contribution is -2.53. The Morgan fingerprint density at radius 2 is 1.80 bits per heavy atom. The molecule has 160 valence electrons. The number of carbonyl (C=O) groups excluding carboxylic acids is 1. The molecule has 1 saturated heterocycles. The number of hydrogen-bond acceptors (Lipinski definition) is 6. The van der Waals surface area contributed by atoms with Crippen molar-refractivity contribution in [2.75, 3.05) is 13.7 Å². The molecule has 1 amide bonds. The molecule has 0 unspecified atom stereocenters. The Kier molecular flexibility index (Phi) is 5.02. The molecule has 2 aromatic carbocycles. The van der Waals surface area contributed by atoms with E-state index < -0.39 is 27.6 Å². The zero-order valence-corrected chi connectivity index (χ0v) is 18.0. The lowest BCUT2D eigenvalue weighted by molar-refractivity contribution is -0.139. The van der Waals surface area contributed by atoms with E-state index in [2.05, 4.69) is 0 Å². The Labute approximate surface area is 176 Å². The van der Waals surface area contributed by atoms with Crippen LogP contribution in [0.1, 0.15) is 38.3 Å². The van der Waals surface area contributed by atoms with Gasteiger partial charge in [0.15, 0.2) is 0 Å². The molecule has 4 rings (SSSR count).